The lowest BCUT2D eigenvalue weighted by Gasteiger charge is -2.55. The molecule has 2 aromatic heterocycles. The van der Waals surface area contributed by atoms with Crippen molar-refractivity contribution in [2.75, 3.05) is 54.4 Å². The Morgan fingerprint density at radius 3 is 2.48 bits per heavy atom. The van der Waals surface area contributed by atoms with Gasteiger partial charge in [-0.05, 0) is 99.6 Å². The summed E-state index contributed by atoms with van der Waals surface area (Å²) in [6, 6.07) is 7.13. The summed E-state index contributed by atoms with van der Waals surface area (Å²) < 4.78 is 14.0. The van der Waals surface area contributed by atoms with Gasteiger partial charge in [0, 0.05) is 50.2 Å². The lowest BCUT2D eigenvalue weighted by Crippen LogP contribution is -2.58. The molecule has 0 amide bonds. The van der Waals surface area contributed by atoms with Gasteiger partial charge in [-0.2, -0.15) is 0 Å². The molecule has 0 bridgehead atoms. The van der Waals surface area contributed by atoms with Gasteiger partial charge in [-0.25, -0.2) is 14.4 Å². The van der Waals surface area contributed by atoms with Gasteiger partial charge >= 0.3 is 5.97 Å². The molecule has 8 rings (SSSR count). The minimum atomic E-state index is -0.681. The molecule has 3 aliphatic heterocycles. The number of hydrogen-bond donors (Lipinski definition) is 3. The fraction of sp³-hybridized carbons (Fsp3) is 0.559. The Bertz CT molecular complexity index is 1600. The molecule has 1 atom stereocenters. The third-order valence-electron chi connectivity index (χ3n) is 11.5. The van der Waals surface area contributed by atoms with E-state index in [0.717, 1.165) is 82.9 Å². The normalized spacial score (nSPS) is 28.2. The summed E-state index contributed by atoms with van der Waals surface area (Å²) in [7, 11) is 0. The monoisotopic (exact) mass is 628 g/mol. The first kappa shape index (κ1) is 29.3. The highest BCUT2D eigenvalue weighted by Crippen LogP contribution is 2.55. The van der Waals surface area contributed by atoms with Crippen molar-refractivity contribution in [2.24, 2.45) is 11.3 Å². The number of benzene rings is 1. The van der Waals surface area contributed by atoms with E-state index < -0.39 is 17.5 Å². The number of hydrogen-bond acceptors (Lipinski definition) is 10. The van der Waals surface area contributed by atoms with Crippen molar-refractivity contribution in [2.45, 2.75) is 69.4 Å². The van der Waals surface area contributed by atoms with Crippen LogP contribution in [-0.4, -0.2) is 92.6 Å². The van der Waals surface area contributed by atoms with E-state index in [4.69, 9.17) is 9.97 Å². The van der Waals surface area contributed by atoms with Crippen LogP contribution in [0.3, 0.4) is 0 Å². The number of halogens is 1. The molecule has 0 radical (unpaired) electrons. The zero-order valence-electron chi connectivity index (χ0n) is 26.0. The van der Waals surface area contributed by atoms with Gasteiger partial charge in [0.2, 0.25) is 5.95 Å². The van der Waals surface area contributed by atoms with Crippen molar-refractivity contribution in [1.82, 2.24) is 25.1 Å². The average Bonchev–Trinajstić information content (AvgIpc) is 3.08. The van der Waals surface area contributed by atoms with E-state index in [-0.39, 0.29) is 12.0 Å². The number of piperidine rings is 1. The van der Waals surface area contributed by atoms with Crippen LogP contribution < -0.4 is 15.1 Å². The number of para-hydroxylation sites is 1. The summed E-state index contributed by atoms with van der Waals surface area (Å²) in [6.07, 6.45) is 12.6. The second kappa shape index (κ2) is 11.6. The molecule has 12 heteroatoms. The standard InChI is InChI=1S/C34H41FN8O3/c35-27-3-1-2-26(30(27)44)28-14-29-31(40-39-28)36-19-25-20-42(12-13-43(25)29)33-37-17-23(18-38-33)21-6-10-41(11-7-21)24-15-34(16-24)8-4-22(5-9-34)32(45)46/h1-3,14,17-18,21-22,24-25,44H,4-13,15-16,19-20H2,(H,36,40)(H,45,46)/t22?,24?,25-,34?/m0/s1. The molecule has 46 heavy (non-hydrogen) atoms. The van der Waals surface area contributed by atoms with Crippen LogP contribution in [0.5, 0.6) is 5.75 Å². The second-order valence-corrected chi connectivity index (χ2v) is 14.1. The van der Waals surface area contributed by atoms with Gasteiger partial charge < -0.3 is 30.2 Å². The summed E-state index contributed by atoms with van der Waals surface area (Å²) in [5.41, 5.74) is 3.28. The number of carboxylic acid groups (broad SMARTS) is 1. The Balaban J connectivity index is 0.855. The molecule has 242 valence electrons. The maximum absolute atomic E-state index is 14.0. The van der Waals surface area contributed by atoms with Crippen molar-refractivity contribution in [3.8, 4) is 17.0 Å². The molecule has 2 saturated carbocycles. The molecule has 5 heterocycles. The number of likely N-dealkylation sites (tertiary alicyclic amines) is 1. The quantitative estimate of drug-likeness (QED) is 0.369. The zero-order valence-corrected chi connectivity index (χ0v) is 26.0. The van der Waals surface area contributed by atoms with Crippen LogP contribution in [0.1, 0.15) is 62.8 Å². The summed E-state index contributed by atoms with van der Waals surface area (Å²) in [4.78, 5) is 28.2. The predicted octanol–water partition coefficient (Wildman–Crippen LogP) is 4.50. The number of phenolic OH excluding ortho intramolecular Hbond substituents is 1. The van der Waals surface area contributed by atoms with Gasteiger partial charge in [-0.15, -0.1) is 10.2 Å². The van der Waals surface area contributed by atoms with Crippen LogP contribution in [0.25, 0.3) is 11.3 Å². The third-order valence-corrected chi connectivity index (χ3v) is 11.5. The Morgan fingerprint density at radius 2 is 1.74 bits per heavy atom. The van der Waals surface area contributed by atoms with Crippen molar-refractivity contribution < 1.29 is 19.4 Å². The number of nitrogens with one attached hydrogen (secondary N) is 1. The van der Waals surface area contributed by atoms with Crippen molar-refractivity contribution in [1.29, 1.82) is 0 Å². The number of carbonyl (C=O) groups is 1. The lowest BCUT2D eigenvalue weighted by atomic mass is 9.56. The van der Waals surface area contributed by atoms with E-state index in [1.165, 1.54) is 24.5 Å². The first-order valence-electron chi connectivity index (χ1n) is 16.8. The maximum atomic E-state index is 14.0. The molecule has 3 aromatic rings. The largest absolute Gasteiger partial charge is 0.504 e. The number of fused-ring (bicyclic) bond motifs is 3. The fourth-order valence-corrected chi connectivity index (χ4v) is 8.71. The number of piperazine rings is 1. The molecule has 2 saturated heterocycles. The van der Waals surface area contributed by atoms with Crippen LogP contribution in [0.4, 0.5) is 21.8 Å². The predicted molar refractivity (Wildman–Crippen MR) is 172 cm³/mol. The molecule has 5 aliphatic rings. The number of anilines is 3. The SMILES string of the molecule is O=C(O)C1CCC2(CC1)CC(N1CCC(c3cnc(N4CCN5c6cc(-c7cccc(F)c7O)nnc6NC[C@H]5C4)nc3)CC1)C2. The number of aromatic nitrogens is 4. The third kappa shape index (κ3) is 5.30. The molecule has 2 aliphatic carbocycles. The summed E-state index contributed by atoms with van der Waals surface area (Å²) >= 11 is 0. The number of aromatic hydroxyl groups is 1. The van der Waals surface area contributed by atoms with E-state index >= 15 is 0 Å². The van der Waals surface area contributed by atoms with Crippen LogP contribution >= 0.6 is 0 Å². The van der Waals surface area contributed by atoms with Gasteiger partial charge in [-0.1, -0.05) is 6.07 Å². The number of aliphatic carboxylic acids is 1. The van der Waals surface area contributed by atoms with Gasteiger partial charge in [0.05, 0.1) is 23.3 Å². The van der Waals surface area contributed by atoms with Crippen molar-refractivity contribution >= 4 is 23.4 Å². The number of rotatable bonds is 5. The highest BCUT2D eigenvalue weighted by atomic mass is 19.1. The number of nitrogens with zero attached hydrogens (tertiary/aromatic N) is 7. The molecule has 1 aromatic carbocycles. The summed E-state index contributed by atoms with van der Waals surface area (Å²) in [6.45, 7) is 5.20. The average molecular weight is 629 g/mol. The molecular weight excluding hydrogens is 587 g/mol. The highest BCUT2D eigenvalue weighted by Gasteiger charge is 2.49. The molecule has 4 fully saturated rings. The van der Waals surface area contributed by atoms with Gasteiger partial charge in [-0.3, -0.25) is 4.79 Å². The Labute approximate surface area is 267 Å². The molecule has 3 N–H and O–H groups in total. The highest BCUT2D eigenvalue weighted by molar-refractivity contribution is 5.77. The van der Waals surface area contributed by atoms with E-state index in [1.54, 1.807) is 12.1 Å². The maximum Gasteiger partial charge on any atom is 0.306 e. The summed E-state index contributed by atoms with van der Waals surface area (Å²) in [5, 5.41) is 31.6. The molecule has 1 spiro atoms. The fourth-order valence-electron chi connectivity index (χ4n) is 8.71. The van der Waals surface area contributed by atoms with Gasteiger partial charge in [0.25, 0.3) is 0 Å². The molecule has 11 nitrogen and oxygen atoms in total. The van der Waals surface area contributed by atoms with E-state index in [1.807, 2.05) is 18.5 Å². The van der Waals surface area contributed by atoms with E-state index in [0.29, 0.717) is 41.0 Å². The van der Waals surface area contributed by atoms with Crippen molar-refractivity contribution in [3.63, 3.8) is 0 Å². The van der Waals surface area contributed by atoms with Gasteiger partial charge in [0.15, 0.2) is 17.4 Å². The first-order chi connectivity index (χ1) is 22.4. The molecule has 0 unspecified atom stereocenters. The Morgan fingerprint density at radius 1 is 0.978 bits per heavy atom. The second-order valence-electron chi connectivity index (χ2n) is 14.1. The summed E-state index contributed by atoms with van der Waals surface area (Å²) in [5.74, 6) is 0.0799. The van der Waals surface area contributed by atoms with Crippen LogP contribution in [0.2, 0.25) is 0 Å². The number of carboxylic acids is 1. The minimum absolute atomic E-state index is 0.129. The van der Waals surface area contributed by atoms with Gasteiger partial charge in [0.1, 0.15) is 0 Å². The van der Waals surface area contributed by atoms with Crippen LogP contribution in [0, 0.1) is 17.2 Å². The topological polar surface area (TPSA) is 131 Å². The van der Waals surface area contributed by atoms with E-state index in [2.05, 4.69) is 30.2 Å². The Hall–Kier alpha value is -4.06. The van der Waals surface area contributed by atoms with Crippen molar-refractivity contribution in [3.05, 3.63) is 48.0 Å². The van der Waals surface area contributed by atoms with Crippen LogP contribution in [-0.2, 0) is 4.79 Å². The Kier molecular flexibility index (Phi) is 7.42. The lowest BCUT2D eigenvalue weighted by molar-refractivity contribution is -0.145. The minimum Gasteiger partial charge on any atom is -0.504 e. The first-order valence-corrected chi connectivity index (χ1v) is 16.8. The zero-order chi connectivity index (χ0) is 31.4. The van der Waals surface area contributed by atoms with E-state index in [9.17, 15) is 19.4 Å². The smallest absolute Gasteiger partial charge is 0.306 e. The number of phenols is 1. The van der Waals surface area contributed by atoms with Crippen LogP contribution in [0.15, 0.2) is 36.7 Å². The molecular formula is C34H41FN8O3.